The van der Waals surface area contributed by atoms with Gasteiger partial charge in [0.05, 0.1) is 13.1 Å². The Morgan fingerprint density at radius 1 is 1.21 bits per heavy atom. The van der Waals surface area contributed by atoms with Crippen LogP contribution in [0.15, 0.2) is 24.3 Å². The number of halogens is 2. The van der Waals surface area contributed by atoms with Gasteiger partial charge in [-0.15, -0.1) is 12.4 Å². The Bertz CT molecular complexity index is 576. The summed E-state index contributed by atoms with van der Waals surface area (Å²) in [6.45, 7) is 3.17. The number of benzene rings is 1. The minimum absolute atomic E-state index is 0. The SMILES string of the molecule is Cl.O=C(CNCC1CC1)N1CCN(Cc2ccc(Cl)cc2)C(=O)C1. The Labute approximate surface area is 153 Å². The predicted octanol–water partition coefficient (Wildman–Crippen LogP) is 1.93. The molecule has 0 aromatic heterocycles. The van der Waals surface area contributed by atoms with E-state index < -0.39 is 0 Å². The highest BCUT2D eigenvalue weighted by atomic mass is 35.5. The maximum absolute atomic E-state index is 12.3. The van der Waals surface area contributed by atoms with E-state index in [9.17, 15) is 9.59 Å². The minimum Gasteiger partial charge on any atom is -0.335 e. The lowest BCUT2D eigenvalue weighted by Gasteiger charge is -2.34. The van der Waals surface area contributed by atoms with Crippen molar-refractivity contribution in [1.82, 2.24) is 15.1 Å². The zero-order valence-corrected chi connectivity index (χ0v) is 15.1. The summed E-state index contributed by atoms with van der Waals surface area (Å²) in [4.78, 5) is 27.8. The monoisotopic (exact) mass is 371 g/mol. The molecule has 1 aliphatic heterocycles. The minimum atomic E-state index is 0. The molecule has 1 aromatic rings. The average molecular weight is 372 g/mol. The first-order valence-corrected chi connectivity index (χ1v) is 8.50. The van der Waals surface area contributed by atoms with Crippen molar-refractivity contribution in [1.29, 1.82) is 0 Å². The highest BCUT2D eigenvalue weighted by molar-refractivity contribution is 6.30. The van der Waals surface area contributed by atoms with Crippen LogP contribution in [0.1, 0.15) is 18.4 Å². The zero-order valence-electron chi connectivity index (χ0n) is 13.5. The molecule has 1 saturated heterocycles. The standard InChI is InChI=1S/C17H22ClN3O2.ClH/c18-15-5-3-14(4-6-15)11-20-7-8-21(12-17(20)23)16(22)10-19-9-13-1-2-13;/h3-6,13,19H,1-2,7-12H2;1H. The summed E-state index contributed by atoms with van der Waals surface area (Å²) in [6, 6.07) is 7.50. The van der Waals surface area contributed by atoms with Crippen LogP contribution < -0.4 is 5.32 Å². The van der Waals surface area contributed by atoms with Crippen LogP contribution in [0.3, 0.4) is 0 Å². The van der Waals surface area contributed by atoms with Crippen molar-refractivity contribution in [2.45, 2.75) is 19.4 Å². The zero-order chi connectivity index (χ0) is 16.2. The molecule has 1 aliphatic carbocycles. The fourth-order valence-electron chi connectivity index (χ4n) is 2.72. The molecule has 2 aliphatic rings. The lowest BCUT2D eigenvalue weighted by molar-refractivity contribution is -0.145. The van der Waals surface area contributed by atoms with Crippen LogP contribution in [-0.2, 0) is 16.1 Å². The van der Waals surface area contributed by atoms with E-state index in [2.05, 4.69) is 5.32 Å². The number of hydrogen-bond donors (Lipinski definition) is 1. The Kier molecular flexibility index (Phi) is 6.90. The summed E-state index contributed by atoms with van der Waals surface area (Å²) in [5, 5.41) is 3.88. The summed E-state index contributed by atoms with van der Waals surface area (Å²) < 4.78 is 0. The van der Waals surface area contributed by atoms with Gasteiger partial charge in [-0.05, 0) is 43.0 Å². The Morgan fingerprint density at radius 3 is 2.54 bits per heavy atom. The van der Waals surface area contributed by atoms with Gasteiger partial charge >= 0.3 is 0 Å². The Hall–Kier alpha value is -1.30. The largest absolute Gasteiger partial charge is 0.335 e. The third-order valence-electron chi connectivity index (χ3n) is 4.36. The van der Waals surface area contributed by atoms with Crippen molar-refractivity contribution in [2.24, 2.45) is 5.92 Å². The molecule has 2 fully saturated rings. The molecule has 1 aromatic carbocycles. The van der Waals surface area contributed by atoms with Crippen molar-refractivity contribution in [3.8, 4) is 0 Å². The summed E-state index contributed by atoms with van der Waals surface area (Å²) in [7, 11) is 0. The van der Waals surface area contributed by atoms with Crippen molar-refractivity contribution < 1.29 is 9.59 Å². The van der Waals surface area contributed by atoms with Crippen LogP contribution in [0.4, 0.5) is 0 Å². The van der Waals surface area contributed by atoms with E-state index in [1.165, 1.54) is 12.8 Å². The number of piperazine rings is 1. The van der Waals surface area contributed by atoms with E-state index in [4.69, 9.17) is 11.6 Å². The number of nitrogens with one attached hydrogen (secondary N) is 1. The second-order valence-corrected chi connectivity index (χ2v) is 6.77. The molecule has 1 saturated carbocycles. The fourth-order valence-corrected chi connectivity index (χ4v) is 2.84. The van der Waals surface area contributed by atoms with Crippen LogP contribution in [0.25, 0.3) is 0 Å². The lowest BCUT2D eigenvalue weighted by Crippen LogP contribution is -2.53. The first-order chi connectivity index (χ1) is 11.1. The molecule has 7 heteroatoms. The van der Waals surface area contributed by atoms with E-state index in [0.717, 1.165) is 18.0 Å². The van der Waals surface area contributed by atoms with Gasteiger partial charge < -0.3 is 15.1 Å². The Morgan fingerprint density at radius 2 is 1.92 bits per heavy atom. The van der Waals surface area contributed by atoms with Crippen LogP contribution in [0.5, 0.6) is 0 Å². The fraction of sp³-hybridized carbons (Fsp3) is 0.529. The van der Waals surface area contributed by atoms with Crippen molar-refractivity contribution in [3.05, 3.63) is 34.9 Å². The molecule has 0 bridgehead atoms. The highest BCUT2D eigenvalue weighted by Gasteiger charge is 2.27. The van der Waals surface area contributed by atoms with Crippen LogP contribution in [-0.4, -0.2) is 54.3 Å². The van der Waals surface area contributed by atoms with Gasteiger partial charge in [-0.2, -0.15) is 0 Å². The Balaban J connectivity index is 0.00000208. The molecule has 0 radical (unpaired) electrons. The molecule has 5 nitrogen and oxygen atoms in total. The third-order valence-corrected chi connectivity index (χ3v) is 4.62. The molecule has 132 valence electrons. The van der Waals surface area contributed by atoms with E-state index in [1.54, 1.807) is 9.80 Å². The summed E-state index contributed by atoms with van der Waals surface area (Å²) in [5.41, 5.74) is 1.05. The van der Waals surface area contributed by atoms with Crippen molar-refractivity contribution >= 4 is 35.8 Å². The summed E-state index contributed by atoms with van der Waals surface area (Å²) in [5.74, 6) is 0.771. The van der Waals surface area contributed by atoms with Crippen molar-refractivity contribution in [2.75, 3.05) is 32.7 Å². The van der Waals surface area contributed by atoms with E-state index in [1.807, 2.05) is 24.3 Å². The molecular formula is C17H23Cl2N3O2. The number of nitrogens with zero attached hydrogens (tertiary/aromatic N) is 2. The lowest BCUT2D eigenvalue weighted by atomic mass is 10.2. The van der Waals surface area contributed by atoms with Gasteiger partial charge in [0.1, 0.15) is 0 Å². The molecule has 0 spiro atoms. The molecule has 24 heavy (non-hydrogen) atoms. The van der Waals surface area contributed by atoms with E-state index in [-0.39, 0.29) is 30.8 Å². The molecule has 1 heterocycles. The second kappa shape index (κ2) is 8.70. The van der Waals surface area contributed by atoms with Crippen LogP contribution in [0, 0.1) is 5.92 Å². The maximum Gasteiger partial charge on any atom is 0.242 e. The third kappa shape index (κ3) is 5.36. The molecule has 0 unspecified atom stereocenters. The molecule has 1 N–H and O–H groups in total. The second-order valence-electron chi connectivity index (χ2n) is 6.33. The van der Waals surface area contributed by atoms with Crippen LogP contribution >= 0.6 is 24.0 Å². The number of carbonyl (C=O) groups is 2. The normalized spacial score (nSPS) is 17.6. The molecule has 0 atom stereocenters. The summed E-state index contributed by atoms with van der Waals surface area (Å²) >= 11 is 5.87. The van der Waals surface area contributed by atoms with Crippen LogP contribution in [0.2, 0.25) is 5.02 Å². The van der Waals surface area contributed by atoms with Crippen molar-refractivity contribution in [3.63, 3.8) is 0 Å². The van der Waals surface area contributed by atoms with Gasteiger partial charge in [0, 0.05) is 24.7 Å². The maximum atomic E-state index is 12.3. The van der Waals surface area contributed by atoms with Gasteiger partial charge in [-0.1, -0.05) is 23.7 Å². The smallest absolute Gasteiger partial charge is 0.242 e. The highest BCUT2D eigenvalue weighted by Crippen LogP contribution is 2.27. The quantitative estimate of drug-likeness (QED) is 0.830. The van der Waals surface area contributed by atoms with Gasteiger partial charge in [-0.3, -0.25) is 9.59 Å². The van der Waals surface area contributed by atoms with E-state index >= 15 is 0 Å². The first kappa shape index (κ1) is 19.0. The molecule has 2 amide bonds. The number of amides is 2. The molecule has 3 rings (SSSR count). The number of hydrogen-bond acceptors (Lipinski definition) is 3. The average Bonchev–Trinajstić information content (AvgIpc) is 3.35. The number of carbonyl (C=O) groups excluding carboxylic acids is 2. The first-order valence-electron chi connectivity index (χ1n) is 8.12. The van der Waals surface area contributed by atoms with Gasteiger partial charge in [0.25, 0.3) is 0 Å². The van der Waals surface area contributed by atoms with Gasteiger partial charge in [-0.25, -0.2) is 0 Å². The molecular weight excluding hydrogens is 349 g/mol. The van der Waals surface area contributed by atoms with Gasteiger partial charge in [0.2, 0.25) is 11.8 Å². The van der Waals surface area contributed by atoms with Gasteiger partial charge in [0.15, 0.2) is 0 Å². The van der Waals surface area contributed by atoms with E-state index in [0.29, 0.717) is 31.2 Å². The predicted molar refractivity (Wildman–Crippen MR) is 96.3 cm³/mol. The summed E-state index contributed by atoms with van der Waals surface area (Å²) in [6.07, 6.45) is 2.53. The number of rotatable bonds is 6. The topological polar surface area (TPSA) is 52.7 Å².